The van der Waals surface area contributed by atoms with E-state index in [2.05, 4.69) is 16.2 Å². The van der Waals surface area contributed by atoms with Gasteiger partial charge in [0.15, 0.2) is 5.11 Å². The average Bonchev–Trinajstić information content (AvgIpc) is 2.97. The number of nitrogens with zero attached hydrogens (tertiary/aromatic N) is 1. The van der Waals surface area contributed by atoms with Crippen LogP contribution in [0.4, 0.5) is 0 Å². The Labute approximate surface area is 169 Å². The summed E-state index contributed by atoms with van der Waals surface area (Å²) in [7, 11) is 0. The van der Waals surface area contributed by atoms with Gasteiger partial charge in [-0.25, -0.2) is 0 Å². The lowest BCUT2D eigenvalue weighted by Gasteiger charge is -2.24. The molecule has 154 valence electrons. The second-order valence-corrected chi connectivity index (χ2v) is 7.77. The summed E-state index contributed by atoms with van der Waals surface area (Å²) in [4.78, 5) is 40.0. The number of fused-ring (bicyclic) bond motifs is 1. The highest BCUT2D eigenvalue weighted by Gasteiger charge is 2.50. The first-order chi connectivity index (χ1) is 13.5. The maximum atomic E-state index is 12.5. The van der Waals surface area contributed by atoms with E-state index >= 15 is 0 Å². The number of ether oxygens (including phenoxy) is 1. The fraction of sp³-hybridized carbons (Fsp3) is 0.667. The molecule has 9 nitrogen and oxygen atoms in total. The van der Waals surface area contributed by atoms with Crippen LogP contribution in [0.2, 0.25) is 0 Å². The van der Waals surface area contributed by atoms with Gasteiger partial charge in [0.25, 0.3) is 5.91 Å². The Morgan fingerprint density at radius 3 is 2.43 bits per heavy atom. The Bertz CT molecular complexity index is 638. The van der Waals surface area contributed by atoms with Crippen molar-refractivity contribution >= 4 is 35.1 Å². The van der Waals surface area contributed by atoms with Gasteiger partial charge in [-0.15, -0.1) is 0 Å². The highest BCUT2D eigenvalue weighted by Crippen LogP contribution is 2.35. The molecule has 10 heteroatoms. The predicted octanol–water partition coefficient (Wildman–Crippen LogP) is -2.26. The lowest BCUT2D eigenvalue weighted by Crippen LogP contribution is -3.14. The van der Waals surface area contributed by atoms with Crippen molar-refractivity contribution in [1.82, 2.24) is 21.1 Å². The van der Waals surface area contributed by atoms with Gasteiger partial charge in [-0.2, -0.15) is 0 Å². The Hall–Kier alpha value is -2.04. The molecule has 0 radical (unpaired) electrons. The van der Waals surface area contributed by atoms with Crippen molar-refractivity contribution < 1.29 is 24.0 Å². The molecule has 2 saturated heterocycles. The van der Waals surface area contributed by atoms with E-state index < -0.39 is 11.9 Å². The molecule has 0 bridgehead atoms. The zero-order chi connectivity index (χ0) is 20.1. The van der Waals surface area contributed by atoms with E-state index in [1.165, 1.54) is 4.90 Å². The number of amides is 3. The van der Waals surface area contributed by atoms with Crippen LogP contribution >= 0.6 is 12.2 Å². The van der Waals surface area contributed by atoms with Gasteiger partial charge in [0.1, 0.15) is 19.1 Å². The summed E-state index contributed by atoms with van der Waals surface area (Å²) >= 11 is 5.16. The molecule has 0 unspecified atom stereocenters. The quantitative estimate of drug-likeness (QED) is 0.175. The molecule has 28 heavy (non-hydrogen) atoms. The zero-order valence-corrected chi connectivity index (χ0v) is 16.8. The molecule has 2 aliphatic heterocycles. The van der Waals surface area contributed by atoms with Crippen LogP contribution in [0.3, 0.4) is 0 Å². The molecule has 2 fully saturated rings. The normalized spacial score (nSPS) is 26.0. The highest BCUT2D eigenvalue weighted by atomic mass is 32.1. The fourth-order valence-electron chi connectivity index (χ4n) is 3.85. The number of rotatable bonds is 5. The van der Waals surface area contributed by atoms with Crippen LogP contribution in [-0.4, -0.2) is 73.2 Å². The highest BCUT2D eigenvalue weighted by molar-refractivity contribution is 7.80. The van der Waals surface area contributed by atoms with E-state index in [0.29, 0.717) is 24.5 Å². The first-order valence-corrected chi connectivity index (χ1v) is 10.2. The number of carbonyl (C=O) groups is 3. The molecule has 3 rings (SSSR count). The number of quaternary nitrogens is 1. The summed E-state index contributed by atoms with van der Waals surface area (Å²) in [6, 6.07) is -0.890. The zero-order valence-electron chi connectivity index (χ0n) is 16.0. The van der Waals surface area contributed by atoms with Gasteiger partial charge in [-0.1, -0.05) is 12.2 Å². The van der Waals surface area contributed by atoms with Gasteiger partial charge in [0.05, 0.1) is 38.1 Å². The maximum Gasteiger partial charge on any atom is 0.261 e. The lowest BCUT2D eigenvalue weighted by molar-refractivity contribution is -0.906. The Morgan fingerprint density at radius 1 is 1.21 bits per heavy atom. The van der Waals surface area contributed by atoms with Crippen molar-refractivity contribution in [3.05, 3.63) is 12.2 Å². The van der Waals surface area contributed by atoms with Crippen LogP contribution < -0.4 is 21.1 Å². The molecule has 0 spiro atoms. The molecular weight excluding hydrogens is 382 g/mol. The van der Waals surface area contributed by atoms with Crippen LogP contribution in [0.5, 0.6) is 0 Å². The van der Waals surface area contributed by atoms with E-state index in [4.69, 9.17) is 17.0 Å². The van der Waals surface area contributed by atoms with Crippen LogP contribution in [0.25, 0.3) is 0 Å². The average molecular weight is 411 g/mol. The van der Waals surface area contributed by atoms with Gasteiger partial charge < -0.3 is 15.0 Å². The lowest BCUT2D eigenvalue weighted by atomic mass is 9.85. The molecule has 0 aromatic heterocycles. The fourth-order valence-corrected chi connectivity index (χ4v) is 4.01. The van der Waals surface area contributed by atoms with Crippen LogP contribution in [-0.2, 0) is 19.1 Å². The number of morpholine rings is 1. The second-order valence-electron chi connectivity index (χ2n) is 7.36. The molecule has 2 heterocycles. The van der Waals surface area contributed by atoms with Crippen molar-refractivity contribution in [3.8, 4) is 0 Å². The first-order valence-electron chi connectivity index (χ1n) is 9.76. The van der Waals surface area contributed by atoms with Gasteiger partial charge in [-0.05, 0) is 32.0 Å². The van der Waals surface area contributed by atoms with E-state index in [-0.39, 0.29) is 23.7 Å². The number of likely N-dealkylation sites (tertiary alicyclic amines) is 1. The van der Waals surface area contributed by atoms with Crippen molar-refractivity contribution in [2.75, 3.05) is 39.4 Å². The monoisotopic (exact) mass is 410 g/mol. The van der Waals surface area contributed by atoms with Crippen molar-refractivity contribution in [3.63, 3.8) is 0 Å². The third-order valence-corrected chi connectivity index (χ3v) is 5.82. The molecule has 3 aliphatic rings. The van der Waals surface area contributed by atoms with Gasteiger partial charge in [0, 0.05) is 0 Å². The number of hydrogen-bond acceptors (Lipinski definition) is 5. The Morgan fingerprint density at radius 2 is 1.82 bits per heavy atom. The molecule has 1 aliphatic carbocycles. The summed E-state index contributed by atoms with van der Waals surface area (Å²) < 4.78 is 5.32. The topological polar surface area (TPSA) is 104 Å². The van der Waals surface area contributed by atoms with Gasteiger partial charge in [-0.3, -0.25) is 30.1 Å². The van der Waals surface area contributed by atoms with E-state index in [1.54, 1.807) is 6.92 Å². The maximum absolute atomic E-state index is 12.5. The largest absolute Gasteiger partial charge is 0.370 e. The summed E-state index contributed by atoms with van der Waals surface area (Å²) in [5.41, 5.74) is 5.13. The van der Waals surface area contributed by atoms with Crippen molar-refractivity contribution in [2.45, 2.75) is 25.8 Å². The predicted molar refractivity (Wildman–Crippen MR) is 105 cm³/mol. The number of imide groups is 1. The number of carbonyl (C=O) groups excluding carboxylic acids is 3. The summed E-state index contributed by atoms with van der Waals surface area (Å²) in [5, 5.41) is 3.34. The third-order valence-electron chi connectivity index (χ3n) is 5.57. The van der Waals surface area contributed by atoms with Crippen LogP contribution in [0.15, 0.2) is 12.2 Å². The van der Waals surface area contributed by atoms with Crippen LogP contribution in [0, 0.1) is 11.8 Å². The van der Waals surface area contributed by atoms with Crippen molar-refractivity contribution in [1.29, 1.82) is 0 Å². The molecule has 3 atom stereocenters. The number of hydrazine groups is 1. The summed E-state index contributed by atoms with van der Waals surface area (Å²) in [6.07, 6.45) is 4.95. The standard InChI is InChI=1S/C18H27N5O4S/c1-12(23-16(25)13-4-2-3-5-14(13)17(23)26)15(24)20-21-18(28)19-6-7-22-8-10-27-11-9-22/h2-3,12-14H,4-11H2,1H3,(H,20,24)(H2,19,21,28)/p+1/t12-,13-,14-/m0/s1. The van der Waals surface area contributed by atoms with E-state index in [9.17, 15) is 14.4 Å². The summed E-state index contributed by atoms with van der Waals surface area (Å²) in [6.45, 7) is 6.64. The number of thiocarbonyl (C=S) groups is 1. The molecule has 4 N–H and O–H groups in total. The smallest absolute Gasteiger partial charge is 0.261 e. The SMILES string of the molecule is C[C@@H](C(=O)NNC(=S)NCC[NH+]1CCOCC1)N1C(=O)[C@H]2CC=CC[C@@H]2C1=O. The molecule has 3 amide bonds. The minimum absolute atomic E-state index is 0.267. The third kappa shape index (κ3) is 4.68. The van der Waals surface area contributed by atoms with Gasteiger partial charge in [0.2, 0.25) is 11.8 Å². The Balaban J connectivity index is 1.41. The van der Waals surface area contributed by atoms with Gasteiger partial charge >= 0.3 is 0 Å². The van der Waals surface area contributed by atoms with E-state index in [0.717, 1.165) is 37.7 Å². The van der Waals surface area contributed by atoms with Crippen molar-refractivity contribution in [2.24, 2.45) is 11.8 Å². The van der Waals surface area contributed by atoms with E-state index in [1.807, 2.05) is 12.2 Å². The minimum Gasteiger partial charge on any atom is -0.370 e. The second kappa shape index (κ2) is 9.44. The molecular formula is C18H28N5O4S+. The number of hydrogen-bond donors (Lipinski definition) is 4. The molecule has 0 aromatic rings. The minimum atomic E-state index is -0.890. The first kappa shape index (κ1) is 20.7. The number of allylic oxidation sites excluding steroid dienone is 2. The number of nitrogens with one attached hydrogen (secondary N) is 4. The van der Waals surface area contributed by atoms with Crippen LogP contribution in [0.1, 0.15) is 19.8 Å². The molecule has 0 saturated carbocycles. The molecule has 0 aromatic carbocycles. The summed E-state index contributed by atoms with van der Waals surface area (Å²) in [5.74, 6) is -1.69. The Kier molecular flexibility index (Phi) is 6.97.